The zero-order valence-corrected chi connectivity index (χ0v) is 6.68. The predicted molar refractivity (Wildman–Crippen MR) is 44.7 cm³/mol. The summed E-state index contributed by atoms with van der Waals surface area (Å²) in [5, 5.41) is 10.1. The van der Waals surface area contributed by atoms with Crippen LogP contribution in [0.3, 0.4) is 0 Å². The third kappa shape index (κ3) is 2.06. The number of halogens is 2. The first-order valence-electron chi connectivity index (χ1n) is 2.80. The van der Waals surface area contributed by atoms with E-state index in [4.69, 9.17) is 5.73 Å². The topological polar surface area (TPSA) is 69.2 Å². The van der Waals surface area contributed by atoms with Crippen molar-refractivity contribution in [1.82, 2.24) is 0 Å². The van der Waals surface area contributed by atoms with Crippen LogP contribution in [-0.4, -0.2) is 4.92 Å². The van der Waals surface area contributed by atoms with Gasteiger partial charge in [-0.3, -0.25) is 10.1 Å². The molecule has 0 bridgehead atoms. The quantitative estimate of drug-likeness (QED) is 0.419. The third-order valence-electron chi connectivity index (χ3n) is 1.17. The summed E-state index contributed by atoms with van der Waals surface area (Å²) in [6.45, 7) is 0. The summed E-state index contributed by atoms with van der Waals surface area (Å²) < 4.78 is 12.5. The van der Waals surface area contributed by atoms with E-state index in [2.05, 4.69) is 0 Å². The number of rotatable bonds is 1. The van der Waals surface area contributed by atoms with Crippen molar-refractivity contribution in [2.24, 2.45) is 0 Å². The van der Waals surface area contributed by atoms with Crippen molar-refractivity contribution in [3.05, 3.63) is 34.1 Å². The average Bonchev–Trinajstić information content (AvgIpc) is 1.94. The molecule has 1 aromatic carbocycles. The summed E-state index contributed by atoms with van der Waals surface area (Å²) in [4.78, 5) is 9.27. The van der Waals surface area contributed by atoms with Crippen LogP contribution in [0.4, 0.5) is 15.8 Å². The monoisotopic (exact) mass is 192 g/mol. The van der Waals surface area contributed by atoms with Gasteiger partial charge in [-0.15, -0.1) is 12.4 Å². The first kappa shape index (κ1) is 10.6. The van der Waals surface area contributed by atoms with Crippen LogP contribution in [0, 0.1) is 15.9 Å². The van der Waals surface area contributed by atoms with Crippen molar-refractivity contribution in [1.29, 1.82) is 0 Å². The molecule has 0 aliphatic carbocycles. The highest BCUT2D eigenvalue weighted by Crippen LogP contribution is 2.18. The van der Waals surface area contributed by atoms with Gasteiger partial charge in [-0.2, -0.15) is 4.39 Å². The van der Waals surface area contributed by atoms with Gasteiger partial charge in [-0.1, -0.05) is 0 Å². The zero-order valence-electron chi connectivity index (χ0n) is 5.86. The lowest BCUT2D eigenvalue weighted by Gasteiger charge is -1.93. The summed E-state index contributed by atoms with van der Waals surface area (Å²) in [7, 11) is 0. The summed E-state index contributed by atoms with van der Waals surface area (Å²) in [5.74, 6) is -0.871. The van der Waals surface area contributed by atoms with E-state index in [-0.39, 0.29) is 18.1 Å². The van der Waals surface area contributed by atoms with Gasteiger partial charge in [0.25, 0.3) is 0 Å². The number of anilines is 1. The molecule has 2 N–H and O–H groups in total. The van der Waals surface area contributed by atoms with Gasteiger partial charge in [0.1, 0.15) is 0 Å². The van der Waals surface area contributed by atoms with Crippen molar-refractivity contribution in [2.45, 2.75) is 0 Å². The summed E-state index contributed by atoms with van der Waals surface area (Å²) in [6, 6.07) is 3.21. The highest BCUT2D eigenvalue weighted by atomic mass is 35.5. The van der Waals surface area contributed by atoms with E-state index in [0.29, 0.717) is 0 Å². The zero-order chi connectivity index (χ0) is 8.43. The van der Waals surface area contributed by atoms with E-state index in [1.165, 1.54) is 6.07 Å². The lowest BCUT2D eigenvalue weighted by molar-refractivity contribution is -0.387. The van der Waals surface area contributed by atoms with E-state index in [9.17, 15) is 14.5 Å². The number of nitro groups is 1. The number of nitrogens with two attached hydrogens (primary N) is 1. The number of nitro benzene ring substituents is 1. The van der Waals surface area contributed by atoms with E-state index in [1.54, 1.807) is 0 Å². The van der Waals surface area contributed by atoms with E-state index < -0.39 is 16.4 Å². The van der Waals surface area contributed by atoms with E-state index in [0.717, 1.165) is 12.1 Å². The van der Waals surface area contributed by atoms with Gasteiger partial charge in [0.15, 0.2) is 0 Å². The Morgan fingerprint density at radius 1 is 1.50 bits per heavy atom. The number of nitrogens with zero attached hydrogens (tertiary/aromatic N) is 1. The molecule has 0 aromatic heterocycles. The van der Waals surface area contributed by atoms with Crippen molar-refractivity contribution in [3.63, 3.8) is 0 Å². The molecule has 0 saturated carbocycles. The molecule has 0 spiro atoms. The molecular weight excluding hydrogens is 187 g/mol. The Morgan fingerprint density at radius 3 is 2.50 bits per heavy atom. The maximum Gasteiger partial charge on any atom is 0.306 e. The Bertz CT molecular complexity index is 306. The lowest BCUT2D eigenvalue weighted by atomic mass is 10.3. The minimum Gasteiger partial charge on any atom is -0.399 e. The average molecular weight is 193 g/mol. The van der Waals surface area contributed by atoms with Crippen molar-refractivity contribution >= 4 is 23.8 Å². The maximum atomic E-state index is 12.5. The van der Waals surface area contributed by atoms with Gasteiger partial charge in [0.05, 0.1) is 4.92 Å². The van der Waals surface area contributed by atoms with Crippen LogP contribution in [0.2, 0.25) is 0 Å². The second-order valence-electron chi connectivity index (χ2n) is 1.97. The van der Waals surface area contributed by atoms with Crippen LogP contribution in [0.1, 0.15) is 0 Å². The predicted octanol–water partition coefficient (Wildman–Crippen LogP) is 1.74. The first-order valence-corrected chi connectivity index (χ1v) is 2.80. The molecule has 0 atom stereocenters. The molecule has 0 fully saturated rings. The van der Waals surface area contributed by atoms with Gasteiger partial charge in [-0.05, 0) is 12.1 Å². The fourth-order valence-corrected chi connectivity index (χ4v) is 0.670. The third-order valence-corrected chi connectivity index (χ3v) is 1.17. The molecule has 0 heterocycles. The summed E-state index contributed by atoms with van der Waals surface area (Å²) in [6.07, 6.45) is 0. The van der Waals surface area contributed by atoms with E-state index >= 15 is 0 Å². The normalized spacial score (nSPS) is 8.75. The molecule has 66 valence electrons. The Hall–Kier alpha value is -1.36. The van der Waals surface area contributed by atoms with Crippen LogP contribution in [0.25, 0.3) is 0 Å². The van der Waals surface area contributed by atoms with Gasteiger partial charge in [0.2, 0.25) is 5.82 Å². The largest absolute Gasteiger partial charge is 0.399 e. The molecule has 0 saturated heterocycles. The number of hydrogen-bond acceptors (Lipinski definition) is 3. The van der Waals surface area contributed by atoms with Crippen LogP contribution in [-0.2, 0) is 0 Å². The number of benzene rings is 1. The van der Waals surface area contributed by atoms with Gasteiger partial charge < -0.3 is 5.73 Å². The molecule has 0 aliphatic rings. The maximum absolute atomic E-state index is 12.5. The Kier molecular flexibility index (Phi) is 3.43. The van der Waals surface area contributed by atoms with Gasteiger partial charge in [0, 0.05) is 11.8 Å². The molecule has 12 heavy (non-hydrogen) atoms. The second kappa shape index (κ2) is 3.87. The molecule has 0 amide bonds. The summed E-state index contributed by atoms with van der Waals surface area (Å²) >= 11 is 0. The van der Waals surface area contributed by atoms with Crippen LogP contribution >= 0.6 is 12.4 Å². The van der Waals surface area contributed by atoms with Gasteiger partial charge >= 0.3 is 5.69 Å². The molecule has 1 aromatic rings. The Morgan fingerprint density at radius 2 is 2.08 bits per heavy atom. The lowest BCUT2D eigenvalue weighted by Crippen LogP contribution is -1.94. The summed E-state index contributed by atoms with van der Waals surface area (Å²) in [5.41, 5.74) is 4.78. The molecule has 0 radical (unpaired) electrons. The first-order chi connectivity index (χ1) is 5.11. The number of nitrogen functional groups attached to an aromatic ring is 1. The van der Waals surface area contributed by atoms with Crippen molar-refractivity contribution in [2.75, 3.05) is 5.73 Å². The Labute approximate surface area is 73.7 Å². The minimum atomic E-state index is -0.871. The highest BCUT2D eigenvalue weighted by molar-refractivity contribution is 5.85. The van der Waals surface area contributed by atoms with Crippen LogP contribution < -0.4 is 5.73 Å². The van der Waals surface area contributed by atoms with E-state index in [1.807, 2.05) is 0 Å². The molecule has 0 unspecified atom stereocenters. The van der Waals surface area contributed by atoms with Crippen LogP contribution in [0.15, 0.2) is 18.2 Å². The SMILES string of the molecule is Cl.Nc1ccc(F)c([N+](=O)[O-])c1. The molecule has 6 heteroatoms. The number of hydrogen-bond donors (Lipinski definition) is 1. The second-order valence-corrected chi connectivity index (χ2v) is 1.97. The fourth-order valence-electron chi connectivity index (χ4n) is 0.670. The fraction of sp³-hybridized carbons (Fsp3) is 0. The minimum absolute atomic E-state index is 0. The highest BCUT2D eigenvalue weighted by Gasteiger charge is 2.12. The molecule has 4 nitrogen and oxygen atoms in total. The van der Waals surface area contributed by atoms with Crippen molar-refractivity contribution in [3.8, 4) is 0 Å². The smallest absolute Gasteiger partial charge is 0.306 e. The molecule has 0 aliphatic heterocycles. The van der Waals surface area contributed by atoms with Crippen LogP contribution in [0.5, 0.6) is 0 Å². The van der Waals surface area contributed by atoms with Crippen molar-refractivity contribution < 1.29 is 9.31 Å². The molecule has 1 rings (SSSR count). The Balaban J connectivity index is 0.00000121. The standard InChI is InChI=1S/C6H5FN2O2.ClH/c7-5-2-1-4(8)3-6(5)9(10)11;/h1-3H,8H2;1H. The molecular formula is C6H6ClFN2O2. The van der Waals surface area contributed by atoms with Gasteiger partial charge in [-0.25, -0.2) is 0 Å².